The van der Waals surface area contributed by atoms with Crippen LogP contribution in [-0.2, 0) is 0 Å². The molecule has 0 radical (unpaired) electrons. The average molecular weight is 261 g/mol. The Kier molecular flexibility index (Phi) is 4.83. The zero-order valence-electron chi connectivity index (χ0n) is 11.8. The van der Waals surface area contributed by atoms with Crippen molar-refractivity contribution >= 4 is 5.91 Å². The normalized spacial score (nSPS) is 22.8. The predicted octanol–water partition coefficient (Wildman–Crippen LogP) is 3.39. The summed E-state index contributed by atoms with van der Waals surface area (Å²) in [6, 6.07) is 7.61. The van der Waals surface area contributed by atoms with E-state index in [1.165, 1.54) is 19.3 Å². The smallest absolute Gasteiger partial charge is 0.251 e. The summed E-state index contributed by atoms with van der Waals surface area (Å²) in [7, 11) is 1.63. The molecule has 104 valence electrons. The maximum absolute atomic E-state index is 12.1. The van der Waals surface area contributed by atoms with Gasteiger partial charge in [0.1, 0.15) is 5.75 Å². The highest BCUT2D eigenvalue weighted by Gasteiger charge is 2.21. The van der Waals surface area contributed by atoms with Crippen molar-refractivity contribution in [3.63, 3.8) is 0 Å². The van der Waals surface area contributed by atoms with Gasteiger partial charge in [-0.1, -0.05) is 13.3 Å². The molecule has 2 rings (SSSR count). The first kappa shape index (κ1) is 13.9. The van der Waals surface area contributed by atoms with E-state index >= 15 is 0 Å². The maximum atomic E-state index is 12.1. The molecule has 3 nitrogen and oxygen atoms in total. The lowest BCUT2D eigenvalue weighted by Gasteiger charge is -2.28. The molecule has 1 saturated carbocycles. The van der Waals surface area contributed by atoms with Crippen LogP contribution in [0.25, 0.3) is 0 Å². The number of carbonyl (C=O) groups is 1. The summed E-state index contributed by atoms with van der Waals surface area (Å²) in [5.74, 6) is 1.66. The second-order valence-corrected chi connectivity index (χ2v) is 5.33. The quantitative estimate of drug-likeness (QED) is 0.902. The van der Waals surface area contributed by atoms with E-state index in [-0.39, 0.29) is 5.91 Å². The van der Waals surface area contributed by atoms with E-state index in [1.807, 2.05) is 24.3 Å². The Morgan fingerprint density at radius 2 is 1.84 bits per heavy atom. The zero-order chi connectivity index (χ0) is 13.7. The molecule has 0 atom stereocenters. The molecule has 0 heterocycles. The maximum Gasteiger partial charge on any atom is 0.251 e. The molecule has 1 fully saturated rings. The van der Waals surface area contributed by atoms with Gasteiger partial charge in [-0.25, -0.2) is 0 Å². The molecule has 0 spiro atoms. The minimum absolute atomic E-state index is 0.0302. The Balaban J connectivity index is 1.87. The summed E-state index contributed by atoms with van der Waals surface area (Å²) in [5, 5.41) is 3.14. The minimum Gasteiger partial charge on any atom is -0.497 e. The Hall–Kier alpha value is -1.51. The number of carbonyl (C=O) groups excluding carboxylic acids is 1. The van der Waals surface area contributed by atoms with E-state index < -0.39 is 0 Å². The molecule has 3 heteroatoms. The van der Waals surface area contributed by atoms with Crippen LogP contribution in [0.5, 0.6) is 5.75 Å². The zero-order valence-corrected chi connectivity index (χ0v) is 11.8. The van der Waals surface area contributed by atoms with E-state index in [9.17, 15) is 4.79 Å². The third-order valence-corrected chi connectivity index (χ3v) is 4.11. The van der Waals surface area contributed by atoms with Crippen LogP contribution in [0.15, 0.2) is 24.3 Å². The largest absolute Gasteiger partial charge is 0.497 e. The van der Waals surface area contributed by atoms with Crippen molar-refractivity contribution in [2.45, 2.75) is 45.1 Å². The van der Waals surface area contributed by atoms with Crippen LogP contribution in [0.4, 0.5) is 0 Å². The number of amides is 1. The van der Waals surface area contributed by atoms with Gasteiger partial charge in [-0.3, -0.25) is 4.79 Å². The third kappa shape index (κ3) is 3.72. The van der Waals surface area contributed by atoms with Gasteiger partial charge >= 0.3 is 0 Å². The number of nitrogens with one attached hydrogen (secondary N) is 1. The fraction of sp³-hybridized carbons (Fsp3) is 0.562. The first-order valence-corrected chi connectivity index (χ1v) is 7.17. The summed E-state index contributed by atoms with van der Waals surface area (Å²) in [4.78, 5) is 12.1. The van der Waals surface area contributed by atoms with Crippen LogP contribution < -0.4 is 10.1 Å². The summed E-state index contributed by atoms with van der Waals surface area (Å²) < 4.78 is 5.09. The van der Waals surface area contributed by atoms with Crippen LogP contribution in [-0.4, -0.2) is 19.1 Å². The van der Waals surface area contributed by atoms with E-state index in [1.54, 1.807) is 7.11 Å². The molecule has 0 aliphatic heterocycles. The molecule has 0 unspecified atom stereocenters. The molecular weight excluding hydrogens is 238 g/mol. The number of benzene rings is 1. The number of ether oxygens (including phenoxy) is 1. The number of rotatable bonds is 4. The Labute approximate surface area is 115 Å². The van der Waals surface area contributed by atoms with Crippen molar-refractivity contribution in [1.82, 2.24) is 5.32 Å². The lowest BCUT2D eigenvalue weighted by molar-refractivity contribution is 0.0921. The summed E-state index contributed by atoms with van der Waals surface area (Å²) in [5.41, 5.74) is 0.707. The molecule has 1 N–H and O–H groups in total. The Morgan fingerprint density at radius 1 is 1.21 bits per heavy atom. The number of hydrogen-bond acceptors (Lipinski definition) is 2. The second kappa shape index (κ2) is 6.60. The van der Waals surface area contributed by atoms with Gasteiger partial charge in [-0.15, -0.1) is 0 Å². The molecule has 1 aromatic carbocycles. The molecular formula is C16H23NO2. The fourth-order valence-corrected chi connectivity index (χ4v) is 2.73. The highest BCUT2D eigenvalue weighted by molar-refractivity contribution is 5.94. The van der Waals surface area contributed by atoms with Gasteiger partial charge in [0.05, 0.1) is 7.11 Å². The highest BCUT2D eigenvalue weighted by atomic mass is 16.5. The van der Waals surface area contributed by atoms with Crippen molar-refractivity contribution in [3.8, 4) is 5.75 Å². The highest BCUT2D eigenvalue weighted by Crippen LogP contribution is 2.26. The summed E-state index contributed by atoms with van der Waals surface area (Å²) in [6.45, 7) is 2.25. The fourth-order valence-electron chi connectivity index (χ4n) is 2.73. The van der Waals surface area contributed by atoms with Gasteiger partial charge in [0.2, 0.25) is 0 Å². The van der Waals surface area contributed by atoms with Gasteiger partial charge in [0, 0.05) is 11.6 Å². The number of hydrogen-bond donors (Lipinski definition) is 1. The van der Waals surface area contributed by atoms with Crippen molar-refractivity contribution in [3.05, 3.63) is 29.8 Å². The lowest BCUT2D eigenvalue weighted by Crippen LogP contribution is -2.37. The number of methoxy groups -OCH3 is 1. The Morgan fingerprint density at radius 3 is 2.37 bits per heavy atom. The lowest BCUT2D eigenvalue weighted by atomic mass is 9.84. The summed E-state index contributed by atoms with van der Waals surface area (Å²) in [6.07, 6.45) is 5.97. The van der Waals surface area contributed by atoms with Gasteiger partial charge in [-0.05, 0) is 55.9 Å². The van der Waals surface area contributed by atoms with Crippen LogP contribution in [0.1, 0.15) is 49.4 Å². The van der Waals surface area contributed by atoms with E-state index in [0.29, 0.717) is 11.6 Å². The molecule has 1 amide bonds. The van der Waals surface area contributed by atoms with Crippen LogP contribution >= 0.6 is 0 Å². The van der Waals surface area contributed by atoms with Crippen molar-refractivity contribution in [1.29, 1.82) is 0 Å². The van der Waals surface area contributed by atoms with E-state index in [2.05, 4.69) is 12.2 Å². The molecule has 0 saturated heterocycles. The molecule has 1 aliphatic carbocycles. The van der Waals surface area contributed by atoms with Crippen molar-refractivity contribution in [2.24, 2.45) is 5.92 Å². The molecule has 19 heavy (non-hydrogen) atoms. The van der Waals surface area contributed by atoms with Gasteiger partial charge < -0.3 is 10.1 Å². The topological polar surface area (TPSA) is 38.3 Å². The molecule has 1 aliphatic rings. The third-order valence-electron chi connectivity index (χ3n) is 4.11. The van der Waals surface area contributed by atoms with E-state index in [0.717, 1.165) is 24.5 Å². The second-order valence-electron chi connectivity index (χ2n) is 5.33. The molecule has 0 aromatic heterocycles. The van der Waals surface area contributed by atoms with Crippen molar-refractivity contribution < 1.29 is 9.53 Å². The van der Waals surface area contributed by atoms with Gasteiger partial charge in [-0.2, -0.15) is 0 Å². The van der Waals surface area contributed by atoms with Gasteiger partial charge in [0.25, 0.3) is 5.91 Å². The standard InChI is InChI=1S/C16H23NO2/c1-3-12-4-8-14(9-5-12)17-16(18)13-6-10-15(19-2)11-7-13/h6-7,10-12,14H,3-5,8-9H2,1-2H3,(H,17,18). The first-order chi connectivity index (χ1) is 9.22. The molecule has 0 bridgehead atoms. The summed E-state index contributed by atoms with van der Waals surface area (Å²) >= 11 is 0. The SMILES string of the molecule is CCC1CCC(NC(=O)c2ccc(OC)cc2)CC1. The monoisotopic (exact) mass is 261 g/mol. The van der Waals surface area contributed by atoms with Crippen molar-refractivity contribution in [2.75, 3.05) is 7.11 Å². The molecule has 1 aromatic rings. The first-order valence-electron chi connectivity index (χ1n) is 7.17. The Bertz CT molecular complexity index is 405. The minimum atomic E-state index is 0.0302. The average Bonchev–Trinajstić information content (AvgIpc) is 2.48. The van der Waals surface area contributed by atoms with Crippen LogP contribution in [0.2, 0.25) is 0 Å². The van der Waals surface area contributed by atoms with Crippen LogP contribution in [0, 0.1) is 5.92 Å². The van der Waals surface area contributed by atoms with E-state index in [4.69, 9.17) is 4.74 Å². The van der Waals surface area contributed by atoms with Crippen LogP contribution in [0.3, 0.4) is 0 Å². The van der Waals surface area contributed by atoms with Gasteiger partial charge in [0.15, 0.2) is 0 Å². The predicted molar refractivity (Wildman–Crippen MR) is 76.5 cm³/mol.